The van der Waals surface area contributed by atoms with Crippen LogP contribution in [0.5, 0.6) is 0 Å². The number of aromatic amines is 1. The topological polar surface area (TPSA) is 28.7 Å². The second-order valence-electron chi connectivity index (χ2n) is 6.27. The molecule has 0 spiro atoms. The molecule has 3 heteroatoms. The van der Waals surface area contributed by atoms with Crippen molar-refractivity contribution in [2.24, 2.45) is 0 Å². The summed E-state index contributed by atoms with van der Waals surface area (Å²) < 4.78 is 13.2. The molecule has 1 unspecified atom stereocenters. The number of benzene rings is 2. The Morgan fingerprint density at radius 2 is 1.83 bits per heavy atom. The Kier molecular flexibility index (Phi) is 5.42. The van der Waals surface area contributed by atoms with E-state index in [9.17, 15) is 4.39 Å². The van der Waals surface area contributed by atoms with Crippen molar-refractivity contribution < 1.29 is 4.39 Å². The number of rotatable bonds is 7. The van der Waals surface area contributed by atoms with E-state index in [2.05, 4.69) is 41.2 Å². The molecule has 0 saturated heterocycles. The molecule has 0 aliphatic rings. The fourth-order valence-electron chi connectivity index (χ4n) is 3.20. The minimum Gasteiger partial charge on any atom is -0.351 e. The van der Waals surface area contributed by atoms with Crippen molar-refractivity contribution in [2.45, 2.75) is 38.5 Å². The van der Waals surface area contributed by atoms with Crippen LogP contribution in [0.3, 0.4) is 0 Å². The maximum atomic E-state index is 13.2. The number of unbranched alkanes of at least 4 members (excludes halogenated alkanes) is 1. The quantitative estimate of drug-likeness (QED) is 0.579. The second kappa shape index (κ2) is 7.91. The number of halogens is 1. The number of hydrogen-bond donors (Lipinski definition) is 1. The first-order chi connectivity index (χ1) is 11.7. The van der Waals surface area contributed by atoms with Gasteiger partial charge in [-0.25, -0.2) is 9.37 Å². The SMILES string of the molecule is Cc1ccccc1CCCCC(c1ccc(F)cc1)c1c[nH]cn1. The van der Waals surface area contributed by atoms with E-state index in [1.165, 1.54) is 23.3 Å². The molecule has 2 nitrogen and oxygen atoms in total. The van der Waals surface area contributed by atoms with E-state index in [1.807, 2.05) is 18.3 Å². The third kappa shape index (κ3) is 4.10. The molecule has 1 aromatic heterocycles. The zero-order chi connectivity index (χ0) is 16.8. The van der Waals surface area contributed by atoms with Gasteiger partial charge in [0.25, 0.3) is 0 Å². The first kappa shape index (κ1) is 16.4. The summed E-state index contributed by atoms with van der Waals surface area (Å²) in [5, 5.41) is 0. The lowest BCUT2D eigenvalue weighted by Crippen LogP contribution is -2.02. The number of aryl methyl sites for hydroxylation is 2. The van der Waals surface area contributed by atoms with Crippen molar-refractivity contribution in [2.75, 3.05) is 0 Å². The van der Waals surface area contributed by atoms with Gasteiger partial charge in [-0.3, -0.25) is 0 Å². The molecular formula is C21H23FN2. The van der Waals surface area contributed by atoms with Crippen LogP contribution in [0.2, 0.25) is 0 Å². The molecule has 1 heterocycles. The van der Waals surface area contributed by atoms with Gasteiger partial charge in [-0.2, -0.15) is 0 Å². The van der Waals surface area contributed by atoms with E-state index in [4.69, 9.17) is 0 Å². The predicted octanol–water partition coefficient (Wildman–Crippen LogP) is 5.40. The van der Waals surface area contributed by atoms with Crippen LogP contribution in [0.15, 0.2) is 61.1 Å². The zero-order valence-electron chi connectivity index (χ0n) is 14.0. The van der Waals surface area contributed by atoms with Crippen molar-refractivity contribution in [1.29, 1.82) is 0 Å². The second-order valence-corrected chi connectivity index (χ2v) is 6.27. The average molecular weight is 322 g/mol. The van der Waals surface area contributed by atoms with Crippen LogP contribution in [0.4, 0.5) is 4.39 Å². The van der Waals surface area contributed by atoms with Gasteiger partial charge in [0.15, 0.2) is 0 Å². The highest BCUT2D eigenvalue weighted by molar-refractivity contribution is 5.28. The smallest absolute Gasteiger partial charge is 0.123 e. The lowest BCUT2D eigenvalue weighted by atomic mass is 9.90. The molecule has 0 bridgehead atoms. The predicted molar refractivity (Wildman–Crippen MR) is 95.6 cm³/mol. The molecule has 1 N–H and O–H groups in total. The molecule has 2 aromatic carbocycles. The highest BCUT2D eigenvalue weighted by Gasteiger charge is 2.16. The molecule has 0 radical (unpaired) electrons. The van der Waals surface area contributed by atoms with E-state index >= 15 is 0 Å². The van der Waals surface area contributed by atoms with Gasteiger partial charge in [0, 0.05) is 12.1 Å². The maximum absolute atomic E-state index is 13.2. The van der Waals surface area contributed by atoms with Gasteiger partial charge in [0.1, 0.15) is 5.82 Å². The molecule has 0 amide bonds. The van der Waals surface area contributed by atoms with Gasteiger partial charge in [-0.05, 0) is 55.0 Å². The van der Waals surface area contributed by atoms with Crippen molar-refractivity contribution in [1.82, 2.24) is 9.97 Å². The summed E-state index contributed by atoms with van der Waals surface area (Å²) in [5.41, 5.74) is 4.94. The van der Waals surface area contributed by atoms with E-state index < -0.39 is 0 Å². The standard InChI is InChI=1S/C21H23FN2/c1-16-6-2-3-7-17(16)8-4-5-9-20(21-14-23-15-24-21)18-10-12-19(22)13-11-18/h2-3,6-7,10-15,20H,4-5,8-9H2,1H3,(H,23,24). The van der Waals surface area contributed by atoms with E-state index in [0.717, 1.165) is 36.9 Å². The maximum Gasteiger partial charge on any atom is 0.123 e. The summed E-state index contributed by atoms with van der Waals surface area (Å²) in [6.07, 6.45) is 8.02. The van der Waals surface area contributed by atoms with Crippen molar-refractivity contribution in [3.63, 3.8) is 0 Å². The monoisotopic (exact) mass is 322 g/mol. The summed E-state index contributed by atoms with van der Waals surface area (Å²) >= 11 is 0. The van der Waals surface area contributed by atoms with Crippen LogP contribution < -0.4 is 0 Å². The molecule has 3 rings (SSSR count). The number of imidazole rings is 1. The molecule has 24 heavy (non-hydrogen) atoms. The van der Waals surface area contributed by atoms with Gasteiger partial charge < -0.3 is 4.98 Å². The average Bonchev–Trinajstić information content (AvgIpc) is 3.12. The van der Waals surface area contributed by atoms with Gasteiger partial charge in [0.2, 0.25) is 0 Å². The van der Waals surface area contributed by atoms with E-state index in [0.29, 0.717) is 0 Å². The van der Waals surface area contributed by atoms with Gasteiger partial charge >= 0.3 is 0 Å². The third-order valence-corrected chi connectivity index (χ3v) is 4.60. The first-order valence-corrected chi connectivity index (χ1v) is 8.52. The first-order valence-electron chi connectivity index (χ1n) is 8.52. The number of aromatic nitrogens is 2. The Morgan fingerprint density at radius 1 is 1.04 bits per heavy atom. The summed E-state index contributed by atoms with van der Waals surface area (Å²) in [4.78, 5) is 7.45. The largest absolute Gasteiger partial charge is 0.351 e. The third-order valence-electron chi connectivity index (χ3n) is 4.60. The highest BCUT2D eigenvalue weighted by Crippen LogP contribution is 2.28. The van der Waals surface area contributed by atoms with E-state index in [-0.39, 0.29) is 11.7 Å². The van der Waals surface area contributed by atoms with Crippen LogP contribution in [-0.2, 0) is 6.42 Å². The van der Waals surface area contributed by atoms with Crippen molar-refractivity contribution in [3.05, 3.63) is 89.3 Å². The van der Waals surface area contributed by atoms with Gasteiger partial charge in [-0.15, -0.1) is 0 Å². The Balaban J connectivity index is 1.63. The normalized spacial score (nSPS) is 12.2. The number of H-pyrrole nitrogens is 1. The Bertz CT molecular complexity index is 748. The molecule has 1 atom stereocenters. The summed E-state index contributed by atoms with van der Waals surface area (Å²) in [7, 11) is 0. The lowest BCUT2D eigenvalue weighted by molar-refractivity contribution is 0.609. The summed E-state index contributed by atoms with van der Waals surface area (Å²) in [5.74, 6) is 0.0211. The summed E-state index contributed by atoms with van der Waals surface area (Å²) in [6.45, 7) is 2.17. The van der Waals surface area contributed by atoms with Crippen LogP contribution in [-0.4, -0.2) is 9.97 Å². The Labute approximate surface area is 142 Å². The van der Waals surface area contributed by atoms with Crippen LogP contribution in [0.25, 0.3) is 0 Å². The molecular weight excluding hydrogens is 299 g/mol. The van der Waals surface area contributed by atoms with Gasteiger partial charge in [0.05, 0.1) is 12.0 Å². The van der Waals surface area contributed by atoms with Crippen LogP contribution >= 0.6 is 0 Å². The fourth-order valence-corrected chi connectivity index (χ4v) is 3.20. The molecule has 0 aliphatic heterocycles. The molecule has 124 valence electrons. The molecule has 0 fully saturated rings. The molecule has 0 aliphatic carbocycles. The molecule has 3 aromatic rings. The van der Waals surface area contributed by atoms with Crippen LogP contribution in [0.1, 0.15) is 47.6 Å². The fraction of sp³-hybridized carbons (Fsp3) is 0.286. The van der Waals surface area contributed by atoms with Crippen LogP contribution in [0, 0.1) is 12.7 Å². The lowest BCUT2D eigenvalue weighted by Gasteiger charge is -2.15. The Morgan fingerprint density at radius 3 is 2.54 bits per heavy atom. The highest BCUT2D eigenvalue weighted by atomic mass is 19.1. The minimum atomic E-state index is -0.195. The number of nitrogens with one attached hydrogen (secondary N) is 1. The number of nitrogens with zero attached hydrogens (tertiary/aromatic N) is 1. The number of hydrogen-bond acceptors (Lipinski definition) is 1. The zero-order valence-corrected chi connectivity index (χ0v) is 14.0. The molecule has 0 saturated carbocycles. The van der Waals surface area contributed by atoms with Crippen molar-refractivity contribution in [3.8, 4) is 0 Å². The van der Waals surface area contributed by atoms with Crippen molar-refractivity contribution >= 4 is 0 Å². The summed E-state index contributed by atoms with van der Waals surface area (Å²) in [6, 6.07) is 15.4. The Hall–Kier alpha value is -2.42. The minimum absolute atomic E-state index is 0.195. The van der Waals surface area contributed by atoms with Gasteiger partial charge in [-0.1, -0.05) is 42.8 Å². The van der Waals surface area contributed by atoms with E-state index in [1.54, 1.807) is 6.33 Å².